The second-order valence-electron chi connectivity index (χ2n) is 8.73. The molecule has 178 valence electrons. The van der Waals surface area contributed by atoms with Gasteiger partial charge in [0.25, 0.3) is 5.91 Å². The molecule has 0 bridgehead atoms. The number of anilines is 1. The van der Waals surface area contributed by atoms with Crippen LogP contribution < -0.4 is 19.7 Å². The van der Waals surface area contributed by atoms with Crippen LogP contribution in [0.5, 0.6) is 11.5 Å². The number of benzene rings is 2. The van der Waals surface area contributed by atoms with Crippen LogP contribution in [0.2, 0.25) is 0 Å². The van der Waals surface area contributed by atoms with Gasteiger partial charge in [0.15, 0.2) is 0 Å². The quantitative estimate of drug-likeness (QED) is 0.502. The molecule has 1 saturated heterocycles. The van der Waals surface area contributed by atoms with Crippen LogP contribution in [0.1, 0.15) is 18.4 Å². The summed E-state index contributed by atoms with van der Waals surface area (Å²) in [4.78, 5) is 25.2. The Balaban J connectivity index is 1.03. The molecule has 1 aromatic heterocycles. The van der Waals surface area contributed by atoms with Crippen LogP contribution in [-0.2, 0) is 4.79 Å². The minimum atomic E-state index is -0.0605. The molecule has 0 saturated carbocycles. The number of para-hydroxylation sites is 1. The molecule has 0 radical (unpaired) electrons. The lowest BCUT2D eigenvalue weighted by molar-refractivity contribution is -0.117. The Morgan fingerprint density at radius 1 is 1.18 bits per heavy atom. The number of carbonyl (C=O) groups excluding carboxylic acids is 1. The van der Waals surface area contributed by atoms with Crippen molar-refractivity contribution in [2.75, 3.05) is 57.9 Å². The standard InChI is InChI=1S/C26H31N5O3/c1-33-21-7-8-24-19(16-21)15-20(17-34-24)26(32)27-9-2-3-10-30-11-13-31(14-12-30)23-6-4-5-22-25(23)29-18-28-22/h4-8,15-16,18H,2-3,9-14,17H2,1H3,(H,27,32)(H,28,29). The maximum absolute atomic E-state index is 12.6. The number of rotatable bonds is 8. The minimum Gasteiger partial charge on any atom is -0.497 e. The molecule has 2 N–H and O–H groups in total. The molecule has 8 heteroatoms. The first kappa shape index (κ1) is 22.3. The van der Waals surface area contributed by atoms with Crippen molar-refractivity contribution in [1.29, 1.82) is 0 Å². The average Bonchev–Trinajstić information content (AvgIpc) is 3.37. The van der Waals surface area contributed by atoms with Gasteiger partial charge in [-0.05, 0) is 55.8 Å². The van der Waals surface area contributed by atoms with E-state index in [2.05, 4.69) is 43.3 Å². The van der Waals surface area contributed by atoms with Crippen molar-refractivity contribution in [3.63, 3.8) is 0 Å². The molecule has 2 aromatic carbocycles. The number of unbranched alkanes of at least 4 members (excludes halogenated alkanes) is 1. The van der Waals surface area contributed by atoms with Gasteiger partial charge in [-0.1, -0.05) is 6.07 Å². The van der Waals surface area contributed by atoms with Crippen LogP contribution >= 0.6 is 0 Å². The first-order chi connectivity index (χ1) is 16.7. The highest BCUT2D eigenvalue weighted by atomic mass is 16.5. The number of aromatic nitrogens is 2. The fraction of sp³-hybridized carbons (Fsp3) is 0.385. The zero-order valence-electron chi connectivity index (χ0n) is 19.5. The molecule has 3 heterocycles. The summed E-state index contributed by atoms with van der Waals surface area (Å²) in [5, 5.41) is 3.04. The summed E-state index contributed by atoms with van der Waals surface area (Å²) in [5.74, 6) is 1.47. The van der Waals surface area contributed by atoms with Crippen molar-refractivity contribution < 1.29 is 14.3 Å². The SMILES string of the molecule is COc1ccc2c(c1)C=C(C(=O)NCCCCN1CCN(c3cccc4[nH]cnc34)CC1)CO2. The summed E-state index contributed by atoms with van der Waals surface area (Å²) in [6, 6.07) is 11.9. The van der Waals surface area contributed by atoms with Crippen molar-refractivity contribution in [3.05, 3.63) is 53.9 Å². The predicted octanol–water partition coefficient (Wildman–Crippen LogP) is 3.07. The number of fused-ring (bicyclic) bond motifs is 2. The lowest BCUT2D eigenvalue weighted by atomic mass is 10.1. The molecule has 2 aliphatic heterocycles. The number of hydrogen-bond acceptors (Lipinski definition) is 6. The third-order valence-corrected chi connectivity index (χ3v) is 6.55. The summed E-state index contributed by atoms with van der Waals surface area (Å²) >= 11 is 0. The van der Waals surface area contributed by atoms with Gasteiger partial charge in [0.05, 0.1) is 30.2 Å². The number of aromatic amines is 1. The Morgan fingerprint density at radius 2 is 2.06 bits per heavy atom. The molecular weight excluding hydrogens is 430 g/mol. The van der Waals surface area contributed by atoms with E-state index in [9.17, 15) is 4.79 Å². The van der Waals surface area contributed by atoms with Gasteiger partial charge in [0.1, 0.15) is 23.6 Å². The Bertz CT molecular complexity index is 1180. The molecular formula is C26H31N5O3. The molecule has 3 aromatic rings. The van der Waals surface area contributed by atoms with Crippen molar-refractivity contribution in [2.24, 2.45) is 0 Å². The molecule has 0 atom stereocenters. The van der Waals surface area contributed by atoms with Gasteiger partial charge < -0.3 is 24.7 Å². The number of nitrogens with one attached hydrogen (secondary N) is 2. The van der Waals surface area contributed by atoms with Crippen LogP contribution in [0.25, 0.3) is 17.1 Å². The van der Waals surface area contributed by atoms with Crippen LogP contribution in [0.3, 0.4) is 0 Å². The third-order valence-electron chi connectivity index (χ3n) is 6.55. The van der Waals surface area contributed by atoms with E-state index in [-0.39, 0.29) is 5.91 Å². The fourth-order valence-corrected chi connectivity index (χ4v) is 4.61. The summed E-state index contributed by atoms with van der Waals surface area (Å²) in [6.07, 6.45) is 5.67. The van der Waals surface area contributed by atoms with Crippen molar-refractivity contribution in [3.8, 4) is 11.5 Å². The zero-order chi connectivity index (χ0) is 23.3. The van der Waals surface area contributed by atoms with Crippen LogP contribution in [0.15, 0.2) is 48.3 Å². The van der Waals surface area contributed by atoms with Gasteiger partial charge >= 0.3 is 0 Å². The number of amides is 1. The van der Waals surface area contributed by atoms with Crippen LogP contribution in [0, 0.1) is 0 Å². The van der Waals surface area contributed by atoms with Crippen LogP contribution in [0.4, 0.5) is 5.69 Å². The molecule has 1 fully saturated rings. The number of carbonyl (C=O) groups is 1. The average molecular weight is 462 g/mol. The predicted molar refractivity (Wildman–Crippen MR) is 133 cm³/mol. The summed E-state index contributed by atoms with van der Waals surface area (Å²) < 4.78 is 11.0. The highest BCUT2D eigenvalue weighted by molar-refractivity contribution is 5.99. The summed E-state index contributed by atoms with van der Waals surface area (Å²) in [5.41, 5.74) is 4.86. The van der Waals surface area contributed by atoms with Crippen molar-refractivity contribution >= 4 is 28.7 Å². The molecule has 2 aliphatic rings. The second-order valence-corrected chi connectivity index (χ2v) is 8.73. The van der Waals surface area contributed by atoms with E-state index in [0.717, 1.165) is 73.7 Å². The Hall–Kier alpha value is -3.52. The number of hydrogen-bond donors (Lipinski definition) is 2. The number of piperazine rings is 1. The first-order valence-electron chi connectivity index (χ1n) is 11.9. The molecule has 0 spiro atoms. The Kier molecular flexibility index (Phi) is 6.67. The Morgan fingerprint density at radius 3 is 2.91 bits per heavy atom. The summed E-state index contributed by atoms with van der Waals surface area (Å²) in [7, 11) is 1.63. The molecule has 8 nitrogen and oxygen atoms in total. The molecule has 34 heavy (non-hydrogen) atoms. The van der Waals surface area contributed by atoms with Gasteiger partial charge in [-0.2, -0.15) is 0 Å². The lowest BCUT2D eigenvalue weighted by Crippen LogP contribution is -2.46. The summed E-state index contributed by atoms with van der Waals surface area (Å²) in [6.45, 7) is 6.10. The first-order valence-corrected chi connectivity index (χ1v) is 11.9. The normalized spacial score (nSPS) is 16.0. The van der Waals surface area contributed by atoms with E-state index in [1.807, 2.05) is 24.3 Å². The lowest BCUT2D eigenvalue weighted by Gasteiger charge is -2.36. The topological polar surface area (TPSA) is 82.7 Å². The molecule has 0 unspecified atom stereocenters. The van der Waals surface area contributed by atoms with Gasteiger partial charge in [0.2, 0.25) is 0 Å². The number of H-pyrrole nitrogens is 1. The number of ether oxygens (including phenoxy) is 2. The van der Waals surface area contributed by atoms with Crippen LogP contribution in [-0.4, -0.2) is 73.8 Å². The smallest absolute Gasteiger partial charge is 0.250 e. The third kappa shape index (κ3) is 4.87. The monoisotopic (exact) mass is 461 g/mol. The van der Waals surface area contributed by atoms with Crippen molar-refractivity contribution in [2.45, 2.75) is 12.8 Å². The molecule has 1 amide bonds. The fourth-order valence-electron chi connectivity index (χ4n) is 4.61. The van der Waals surface area contributed by atoms with Gasteiger partial charge in [-0.15, -0.1) is 0 Å². The van der Waals surface area contributed by atoms with E-state index < -0.39 is 0 Å². The highest BCUT2D eigenvalue weighted by Gasteiger charge is 2.20. The van der Waals surface area contributed by atoms with Gasteiger partial charge in [-0.3, -0.25) is 9.69 Å². The maximum Gasteiger partial charge on any atom is 0.250 e. The van der Waals surface area contributed by atoms with Gasteiger partial charge in [-0.25, -0.2) is 4.98 Å². The number of nitrogens with zero attached hydrogens (tertiary/aromatic N) is 3. The zero-order valence-corrected chi connectivity index (χ0v) is 19.5. The van der Waals surface area contributed by atoms with E-state index in [1.165, 1.54) is 5.69 Å². The molecule has 0 aliphatic carbocycles. The van der Waals surface area contributed by atoms with E-state index in [1.54, 1.807) is 13.4 Å². The van der Waals surface area contributed by atoms with E-state index in [4.69, 9.17) is 9.47 Å². The number of imidazole rings is 1. The Labute approximate surface area is 199 Å². The highest BCUT2D eigenvalue weighted by Crippen LogP contribution is 2.30. The minimum absolute atomic E-state index is 0.0605. The second kappa shape index (κ2) is 10.2. The number of methoxy groups -OCH3 is 1. The van der Waals surface area contributed by atoms with Gasteiger partial charge in [0, 0.05) is 38.3 Å². The van der Waals surface area contributed by atoms with Crippen molar-refractivity contribution in [1.82, 2.24) is 20.2 Å². The van der Waals surface area contributed by atoms with E-state index >= 15 is 0 Å². The molecule has 5 rings (SSSR count). The largest absolute Gasteiger partial charge is 0.497 e. The van der Waals surface area contributed by atoms with E-state index in [0.29, 0.717) is 18.7 Å². The maximum atomic E-state index is 12.6.